The van der Waals surface area contributed by atoms with Crippen LogP contribution < -0.4 is 0 Å². The molecule has 0 fully saturated rings. The molecular weight excluding hydrogens is 252 g/mol. The van der Waals surface area contributed by atoms with E-state index in [4.69, 9.17) is 4.74 Å². The highest BCUT2D eigenvalue weighted by Gasteiger charge is 2.27. The van der Waals surface area contributed by atoms with E-state index in [9.17, 15) is 9.90 Å². The minimum Gasteiger partial charge on any atom is -0.460 e. The Kier molecular flexibility index (Phi) is 5.35. The number of hydrogen-bond donors (Lipinski definition) is 1. The highest BCUT2D eigenvalue weighted by molar-refractivity contribution is 5.75. The topological polar surface area (TPSA) is 46.5 Å². The van der Waals surface area contributed by atoms with Crippen LogP contribution in [-0.4, -0.2) is 11.1 Å². The fourth-order valence-electron chi connectivity index (χ4n) is 1.65. The SMILES string of the molecule is CCC(C)(C)C(=O)OCc1ccc(C(C)(O)CC)cc1. The van der Waals surface area contributed by atoms with Gasteiger partial charge in [0.1, 0.15) is 6.61 Å². The summed E-state index contributed by atoms with van der Waals surface area (Å²) in [6.07, 6.45) is 1.41. The normalized spacial score (nSPS) is 14.7. The lowest BCUT2D eigenvalue weighted by Crippen LogP contribution is -2.25. The van der Waals surface area contributed by atoms with Gasteiger partial charge in [0.05, 0.1) is 11.0 Å². The molecule has 3 nitrogen and oxygen atoms in total. The van der Waals surface area contributed by atoms with Crippen LogP contribution in [0.1, 0.15) is 58.6 Å². The molecule has 20 heavy (non-hydrogen) atoms. The van der Waals surface area contributed by atoms with E-state index >= 15 is 0 Å². The summed E-state index contributed by atoms with van der Waals surface area (Å²) in [5.41, 5.74) is 0.565. The van der Waals surface area contributed by atoms with Gasteiger partial charge in [-0.2, -0.15) is 0 Å². The zero-order chi connectivity index (χ0) is 15.4. The Labute approximate surface area is 122 Å². The molecule has 1 N–H and O–H groups in total. The van der Waals surface area contributed by atoms with Crippen LogP contribution in [0.4, 0.5) is 0 Å². The zero-order valence-corrected chi connectivity index (χ0v) is 13.2. The predicted molar refractivity (Wildman–Crippen MR) is 80.2 cm³/mol. The molecule has 1 rings (SSSR count). The van der Waals surface area contributed by atoms with E-state index in [1.807, 2.05) is 52.0 Å². The molecule has 0 saturated heterocycles. The Hall–Kier alpha value is -1.35. The van der Waals surface area contributed by atoms with Gasteiger partial charge in [-0.1, -0.05) is 38.1 Å². The molecule has 1 aromatic carbocycles. The molecule has 3 heteroatoms. The maximum absolute atomic E-state index is 11.9. The van der Waals surface area contributed by atoms with Gasteiger partial charge >= 0.3 is 5.97 Å². The van der Waals surface area contributed by atoms with Gasteiger partial charge in [0, 0.05) is 0 Å². The van der Waals surface area contributed by atoms with Crippen LogP contribution in [-0.2, 0) is 21.7 Å². The molecule has 1 unspecified atom stereocenters. The van der Waals surface area contributed by atoms with E-state index in [2.05, 4.69) is 0 Å². The van der Waals surface area contributed by atoms with Crippen molar-refractivity contribution in [1.29, 1.82) is 0 Å². The Bertz CT molecular complexity index is 444. The summed E-state index contributed by atoms with van der Waals surface area (Å²) >= 11 is 0. The zero-order valence-electron chi connectivity index (χ0n) is 13.2. The first-order valence-corrected chi connectivity index (χ1v) is 7.22. The van der Waals surface area contributed by atoms with Gasteiger partial charge in [-0.15, -0.1) is 0 Å². The van der Waals surface area contributed by atoms with Gasteiger partial charge in [-0.05, 0) is 44.7 Å². The van der Waals surface area contributed by atoms with Crippen LogP contribution in [0.5, 0.6) is 0 Å². The van der Waals surface area contributed by atoms with E-state index < -0.39 is 11.0 Å². The third-order valence-corrected chi connectivity index (χ3v) is 4.07. The number of hydrogen-bond acceptors (Lipinski definition) is 3. The van der Waals surface area contributed by atoms with Crippen LogP contribution >= 0.6 is 0 Å². The average Bonchev–Trinajstić information content (AvgIpc) is 2.45. The number of carbonyl (C=O) groups excluding carboxylic acids is 1. The Morgan fingerprint density at radius 1 is 1.10 bits per heavy atom. The highest BCUT2D eigenvalue weighted by Crippen LogP contribution is 2.25. The van der Waals surface area contributed by atoms with Crippen molar-refractivity contribution in [3.8, 4) is 0 Å². The molecule has 1 aromatic rings. The van der Waals surface area contributed by atoms with Gasteiger partial charge in [0.25, 0.3) is 0 Å². The summed E-state index contributed by atoms with van der Waals surface area (Å²) < 4.78 is 5.33. The average molecular weight is 278 g/mol. The summed E-state index contributed by atoms with van der Waals surface area (Å²) in [4.78, 5) is 11.9. The molecule has 1 atom stereocenters. The highest BCUT2D eigenvalue weighted by atomic mass is 16.5. The first-order chi connectivity index (χ1) is 9.23. The van der Waals surface area contributed by atoms with Gasteiger partial charge in [0.2, 0.25) is 0 Å². The molecule has 0 aromatic heterocycles. The van der Waals surface area contributed by atoms with Gasteiger partial charge in [0.15, 0.2) is 0 Å². The Morgan fingerprint density at radius 2 is 1.65 bits per heavy atom. The minimum atomic E-state index is -0.806. The third kappa shape index (κ3) is 4.07. The number of esters is 1. The van der Waals surface area contributed by atoms with Crippen LogP contribution in [0.15, 0.2) is 24.3 Å². The van der Waals surface area contributed by atoms with Crippen molar-refractivity contribution in [3.63, 3.8) is 0 Å². The van der Waals surface area contributed by atoms with Crippen LogP contribution in [0, 0.1) is 5.41 Å². The van der Waals surface area contributed by atoms with Crippen molar-refractivity contribution < 1.29 is 14.6 Å². The minimum absolute atomic E-state index is 0.176. The van der Waals surface area contributed by atoms with Gasteiger partial charge < -0.3 is 9.84 Å². The number of ether oxygens (including phenoxy) is 1. The molecular formula is C17H26O3. The molecule has 112 valence electrons. The van der Waals surface area contributed by atoms with Crippen molar-refractivity contribution in [3.05, 3.63) is 35.4 Å². The van der Waals surface area contributed by atoms with Gasteiger partial charge in [-0.25, -0.2) is 0 Å². The lowest BCUT2D eigenvalue weighted by molar-refractivity contribution is -0.155. The first kappa shape index (κ1) is 16.7. The van der Waals surface area contributed by atoms with Crippen LogP contribution in [0.25, 0.3) is 0 Å². The summed E-state index contributed by atoms with van der Waals surface area (Å²) in [5, 5.41) is 10.2. The molecule has 0 spiro atoms. The lowest BCUT2D eigenvalue weighted by atomic mass is 9.90. The largest absolute Gasteiger partial charge is 0.460 e. The molecule has 0 bridgehead atoms. The number of aliphatic hydroxyl groups is 1. The second kappa shape index (κ2) is 6.40. The second-order valence-corrected chi connectivity index (χ2v) is 6.14. The first-order valence-electron chi connectivity index (χ1n) is 7.22. The molecule has 0 heterocycles. The molecule has 0 aliphatic carbocycles. The van der Waals surface area contributed by atoms with Crippen molar-refractivity contribution in [2.45, 2.75) is 59.7 Å². The number of carbonyl (C=O) groups is 1. The van der Waals surface area contributed by atoms with E-state index in [0.717, 1.165) is 17.5 Å². The summed E-state index contributed by atoms with van der Waals surface area (Å²) in [6, 6.07) is 7.56. The third-order valence-electron chi connectivity index (χ3n) is 4.07. The summed E-state index contributed by atoms with van der Waals surface area (Å²) in [6.45, 7) is 9.77. The molecule has 0 saturated carbocycles. The summed E-state index contributed by atoms with van der Waals surface area (Å²) in [7, 11) is 0. The molecule has 0 aliphatic heterocycles. The van der Waals surface area contributed by atoms with Crippen molar-refractivity contribution >= 4 is 5.97 Å². The quantitative estimate of drug-likeness (QED) is 0.805. The van der Waals surface area contributed by atoms with Gasteiger partial charge in [-0.3, -0.25) is 4.79 Å². The fourth-order valence-corrected chi connectivity index (χ4v) is 1.65. The maximum atomic E-state index is 11.9. The smallest absolute Gasteiger partial charge is 0.311 e. The van der Waals surface area contributed by atoms with Crippen LogP contribution in [0.2, 0.25) is 0 Å². The van der Waals surface area contributed by atoms with E-state index in [-0.39, 0.29) is 12.6 Å². The van der Waals surface area contributed by atoms with Crippen molar-refractivity contribution in [2.75, 3.05) is 0 Å². The number of benzene rings is 1. The molecule has 0 radical (unpaired) electrons. The second-order valence-electron chi connectivity index (χ2n) is 6.14. The van der Waals surface area contributed by atoms with Crippen LogP contribution in [0.3, 0.4) is 0 Å². The molecule has 0 aliphatic rings. The Balaban J connectivity index is 2.66. The lowest BCUT2D eigenvalue weighted by Gasteiger charge is -2.22. The molecule has 0 amide bonds. The standard InChI is InChI=1S/C17H26O3/c1-6-16(3,4)15(18)20-12-13-8-10-14(11-9-13)17(5,19)7-2/h8-11,19H,6-7,12H2,1-5H3. The van der Waals surface area contributed by atoms with E-state index in [1.54, 1.807) is 6.92 Å². The van der Waals surface area contributed by atoms with E-state index in [1.165, 1.54) is 0 Å². The maximum Gasteiger partial charge on any atom is 0.311 e. The monoisotopic (exact) mass is 278 g/mol. The summed E-state index contributed by atoms with van der Waals surface area (Å²) in [5.74, 6) is -0.176. The predicted octanol–water partition coefficient (Wildman–Crippen LogP) is 3.78. The van der Waals surface area contributed by atoms with Crippen molar-refractivity contribution in [1.82, 2.24) is 0 Å². The fraction of sp³-hybridized carbons (Fsp3) is 0.588. The van der Waals surface area contributed by atoms with Crippen molar-refractivity contribution in [2.24, 2.45) is 5.41 Å². The number of rotatable bonds is 6. The van der Waals surface area contributed by atoms with E-state index in [0.29, 0.717) is 6.42 Å². The Morgan fingerprint density at radius 3 is 2.10 bits per heavy atom.